The molecule has 0 aliphatic carbocycles. The van der Waals surface area contributed by atoms with Crippen LogP contribution in [0.1, 0.15) is 31.7 Å². The van der Waals surface area contributed by atoms with Gasteiger partial charge in [0.1, 0.15) is 5.75 Å². The lowest BCUT2D eigenvalue weighted by Crippen LogP contribution is -2.31. The van der Waals surface area contributed by atoms with Gasteiger partial charge in [-0.15, -0.1) is 0 Å². The van der Waals surface area contributed by atoms with Crippen LogP contribution in [-0.4, -0.2) is 31.1 Å². The minimum atomic E-state index is 0.714. The number of ether oxygens (including phenoxy) is 1. The maximum absolute atomic E-state index is 5.43. The molecule has 1 aliphatic heterocycles. The van der Waals surface area contributed by atoms with Crippen molar-refractivity contribution in [3.05, 3.63) is 29.8 Å². The number of likely N-dealkylation sites (tertiary alicyclic amines) is 1. The van der Waals surface area contributed by atoms with Gasteiger partial charge in [-0.25, -0.2) is 0 Å². The van der Waals surface area contributed by atoms with E-state index in [4.69, 9.17) is 4.74 Å². The first-order chi connectivity index (χ1) is 8.35. The number of nitrogens with zero attached hydrogens (tertiary/aromatic N) is 1. The first kappa shape index (κ1) is 12.4. The molecule has 2 heteroatoms. The molecule has 0 aromatic heterocycles. The van der Waals surface area contributed by atoms with Crippen LogP contribution in [0.25, 0.3) is 0 Å². The molecule has 0 unspecified atom stereocenters. The lowest BCUT2D eigenvalue weighted by molar-refractivity contribution is 0.251. The van der Waals surface area contributed by atoms with Crippen molar-refractivity contribution in [2.24, 2.45) is 0 Å². The van der Waals surface area contributed by atoms with E-state index in [9.17, 15) is 0 Å². The van der Waals surface area contributed by atoms with Gasteiger partial charge in [0.2, 0.25) is 0 Å². The molecule has 1 atom stereocenters. The van der Waals surface area contributed by atoms with E-state index in [0.29, 0.717) is 6.04 Å². The highest BCUT2D eigenvalue weighted by Crippen LogP contribution is 2.25. The van der Waals surface area contributed by atoms with Gasteiger partial charge in [0.05, 0.1) is 7.11 Å². The number of hydrogen-bond donors (Lipinski definition) is 0. The molecular weight excluding hydrogens is 210 g/mol. The minimum absolute atomic E-state index is 0.714. The summed E-state index contributed by atoms with van der Waals surface area (Å²) < 4.78 is 5.43. The normalized spacial score (nSPS) is 20.7. The summed E-state index contributed by atoms with van der Waals surface area (Å²) in [5, 5.41) is 0. The van der Waals surface area contributed by atoms with Gasteiger partial charge < -0.3 is 9.64 Å². The quantitative estimate of drug-likeness (QED) is 0.775. The average molecular weight is 233 g/mol. The van der Waals surface area contributed by atoms with Crippen molar-refractivity contribution in [3.63, 3.8) is 0 Å². The van der Waals surface area contributed by atoms with Gasteiger partial charge in [-0.1, -0.05) is 25.1 Å². The highest BCUT2D eigenvalue weighted by molar-refractivity contribution is 5.33. The summed E-state index contributed by atoms with van der Waals surface area (Å²) in [6, 6.07) is 9.12. The maximum atomic E-state index is 5.43. The van der Waals surface area contributed by atoms with Gasteiger partial charge in [-0.05, 0) is 50.4 Å². The van der Waals surface area contributed by atoms with Gasteiger partial charge >= 0.3 is 0 Å². The van der Waals surface area contributed by atoms with Crippen LogP contribution in [0.4, 0.5) is 0 Å². The highest BCUT2D eigenvalue weighted by atomic mass is 16.5. The molecule has 0 saturated carbocycles. The lowest BCUT2D eigenvalue weighted by Gasteiger charge is -2.24. The molecule has 1 saturated heterocycles. The molecule has 0 amide bonds. The van der Waals surface area contributed by atoms with Crippen molar-refractivity contribution >= 4 is 0 Å². The second-order valence-corrected chi connectivity index (χ2v) is 4.85. The summed E-state index contributed by atoms with van der Waals surface area (Å²) in [4.78, 5) is 2.63. The second kappa shape index (κ2) is 6.06. The summed E-state index contributed by atoms with van der Waals surface area (Å²) in [5.74, 6) is 1.04. The molecule has 1 heterocycles. The monoisotopic (exact) mass is 233 g/mol. The molecule has 1 aromatic rings. The third-order valence-corrected chi connectivity index (χ3v) is 3.66. The summed E-state index contributed by atoms with van der Waals surface area (Å²) in [7, 11) is 1.76. The number of rotatable bonds is 5. The number of methoxy groups -OCH3 is 1. The van der Waals surface area contributed by atoms with Crippen LogP contribution in [0.3, 0.4) is 0 Å². The molecule has 17 heavy (non-hydrogen) atoms. The second-order valence-electron chi connectivity index (χ2n) is 4.85. The van der Waals surface area contributed by atoms with Crippen LogP contribution in [0.5, 0.6) is 5.75 Å². The fourth-order valence-electron chi connectivity index (χ4n) is 2.83. The van der Waals surface area contributed by atoms with Gasteiger partial charge in [-0.3, -0.25) is 0 Å². The molecule has 0 radical (unpaired) electrons. The predicted octanol–water partition coefficient (Wildman–Crippen LogP) is 3.11. The molecule has 2 rings (SSSR count). The Kier molecular flexibility index (Phi) is 4.43. The Bertz CT molecular complexity index is 351. The highest BCUT2D eigenvalue weighted by Gasteiger charge is 2.24. The van der Waals surface area contributed by atoms with Crippen LogP contribution in [0, 0.1) is 0 Å². The SMILES string of the molecule is CCCN1CCC[C@@H]1Cc1ccccc1OC. The smallest absolute Gasteiger partial charge is 0.122 e. The third-order valence-electron chi connectivity index (χ3n) is 3.66. The standard InChI is InChI=1S/C15H23NO/c1-3-10-16-11-6-8-14(16)12-13-7-4-5-9-15(13)17-2/h4-5,7,9,14H,3,6,8,10-12H2,1-2H3/t14-/m1/s1. The zero-order valence-corrected chi connectivity index (χ0v) is 11.0. The fraction of sp³-hybridized carbons (Fsp3) is 0.600. The van der Waals surface area contributed by atoms with Gasteiger partial charge in [-0.2, -0.15) is 0 Å². The first-order valence-electron chi connectivity index (χ1n) is 6.71. The Morgan fingerprint density at radius 2 is 2.18 bits per heavy atom. The van der Waals surface area contributed by atoms with E-state index >= 15 is 0 Å². The zero-order valence-electron chi connectivity index (χ0n) is 11.0. The largest absolute Gasteiger partial charge is 0.496 e. The Hall–Kier alpha value is -1.02. The number of benzene rings is 1. The van der Waals surface area contributed by atoms with E-state index in [0.717, 1.165) is 12.2 Å². The van der Waals surface area contributed by atoms with Gasteiger partial charge in [0.25, 0.3) is 0 Å². The van der Waals surface area contributed by atoms with Gasteiger partial charge in [0, 0.05) is 6.04 Å². The molecule has 1 aliphatic rings. The van der Waals surface area contributed by atoms with Crippen LogP contribution < -0.4 is 4.74 Å². The van der Waals surface area contributed by atoms with E-state index < -0.39 is 0 Å². The van der Waals surface area contributed by atoms with Crippen LogP contribution in [-0.2, 0) is 6.42 Å². The Labute approximate surface area is 105 Å². The van der Waals surface area contributed by atoms with E-state index in [-0.39, 0.29) is 0 Å². The van der Waals surface area contributed by atoms with E-state index in [1.54, 1.807) is 7.11 Å². The maximum Gasteiger partial charge on any atom is 0.122 e. The number of para-hydroxylation sites is 1. The van der Waals surface area contributed by atoms with Crippen molar-refractivity contribution in [1.29, 1.82) is 0 Å². The Morgan fingerprint density at radius 1 is 1.35 bits per heavy atom. The Morgan fingerprint density at radius 3 is 2.94 bits per heavy atom. The molecular formula is C15H23NO. The molecule has 0 bridgehead atoms. The summed E-state index contributed by atoms with van der Waals surface area (Å²) in [6.45, 7) is 4.77. The van der Waals surface area contributed by atoms with Gasteiger partial charge in [0.15, 0.2) is 0 Å². The van der Waals surface area contributed by atoms with Crippen molar-refractivity contribution in [2.75, 3.05) is 20.2 Å². The fourth-order valence-corrected chi connectivity index (χ4v) is 2.83. The summed E-state index contributed by atoms with van der Waals surface area (Å²) in [6.07, 6.45) is 5.06. The predicted molar refractivity (Wildman–Crippen MR) is 71.6 cm³/mol. The van der Waals surface area contributed by atoms with E-state index in [2.05, 4.69) is 30.0 Å². The van der Waals surface area contributed by atoms with E-state index in [1.165, 1.54) is 37.9 Å². The average Bonchev–Trinajstić information content (AvgIpc) is 2.78. The Balaban J connectivity index is 2.04. The van der Waals surface area contributed by atoms with Crippen molar-refractivity contribution in [2.45, 2.75) is 38.6 Å². The molecule has 0 spiro atoms. The number of hydrogen-bond acceptors (Lipinski definition) is 2. The topological polar surface area (TPSA) is 12.5 Å². The molecule has 2 nitrogen and oxygen atoms in total. The lowest BCUT2D eigenvalue weighted by atomic mass is 10.0. The first-order valence-corrected chi connectivity index (χ1v) is 6.71. The van der Waals surface area contributed by atoms with E-state index in [1.807, 2.05) is 6.07 Å². The summed E-state index contributed by atoms with van der Waals surface area (Å²) >= 11 is 0. The van der Waals surface area contributed by atoms with Crippen LogP contribution >= 0.6 is 0 Å². The van der Waals surface area contributed by atoms with Crippen LogP contribution in [0.2, 0.25) is 0 Å². The molecule has 1 aromatic carbocycles. The molecule has 1 fully saturated rings. The summed E-state index contributed by atoms with van der Waals surface area (Å²) in [5.41, 5.74) is 1.35. The molecule has 0 N–H and O–H groups in total. The van der Waals surface area contributed by atoms with Crippen molar-refractivity contribution in [3.8, 4) is 5.75 Å². The van der Waals surface area contributed by atoms with Crippen molar-refractivity contribution < 1.29 is 4.74 Å². The minimum Gasteiger partial charge on any atom is -0.496 e. The van der Waals surface area contributed by atoms with Crippen molar-refractivity contribution in [1.82, 2.24) is 4.90 Å². The third kappa shape index (κ3) is 3.01. The van der Waals surface area contributed by atoms with Crippen LogP contribution in [0.15, 0.2) is 24.3 Å². The zero-order chi connectivity index (χ0) is 12.1. The molecule has 94 valence electrons.